The van der Waals surface area contributed by atoms with Crippen LogP contribution in [0.5, 0.6) is 5.75 Å². The molecule has 7 heteroatoms. The molecule has 1 aliphatic heterocycles. The van der Waals surface area contributed by atoms with E-state index in [9.17, 15) is 9.18 Å². The van der Waals surface area contributed by atoms with Gasteiger partial charge in [0.25, 0.3) is 5.91 Å². The summed E-state index contributed by atoms with van der Waals surface area (Å²) in [5.74, 6) is -0.183. The van der Waals surface area contributed by atoms with Gasteiger partial charge in [-0.25, -0.2) is 9.37 Å². The Morgan fingerprint density at radius 1 is 1.23 bits per heavy atom. The largest absolute Gasteiger partial charge is 0.494 e. The van der Waals surface area contributed by atoms with Crippen LogP contribution in [0.25, 0.3) is 16.2 Å². The number of rotatable bonds is 3. The second-order valence-electron chi connectivity index (χ2n) is 6.46. The second-order valence-corrected chi connectivity index (χ2v) is 7.29. The van der Waals surface area contributed by atoms with E-state index in [1.807, 2.05) is 14.7 Å². The van der Waals surface area contributed by atoms with Crippen molar-refractivity contribution in [2.45, 2.75) is 25.7 Å². The molecule has 0 atom stereocenters. The third kappa shape index (κ3) is 3.07. The highest BCUT2D eigenvalue weighted by atomic mass is 32.1. The third-order valence-electron chi connectivity index (χ3n) is 4.77. The number of hydrogen-bond acceptors (Lipinski definition) is 4. The van der Waals surface area contributed by atoms with E-state index >= 15 is 0 Å². The van der Waals surface area contributed by atoms with Crippen LogP contribution in [-0.2, 0) is 0 Å². The van der Waals surface area contributed by atoms with E-state index in [0.717, 1.165) is 30.9 Å². The highest BCUT2D eigenvalue weighted by Crippen LogP contribution is 2.28. The Bertz CT molecular complexity index is 942. The lowest BCUT2D eigenvalue weighted by Gasteiger charge is -2.19. The van der Waals surface area contributed by atoms with Crippen molar-refractivity contribution < 1.29 is 13.9 Å². The first-order valence-electron chi connectivity index (χ1n) is 8.77. The molecule has 0 aliphatic carbocycles. The number of carbonyl (C=O) groups excluding carboxylic acids is 1. The molecule has 1 fully saturated rings. The molecule has 1 amide bonds. The first-order chi connectivity index (χ1) is 12.7. The summed E-state index contributed by atoms with van der Waals surface area (Å²) in [6.45, 7) is 1.61. The topological polar surface area (TPSA) is 46.8 Å². The lowest BCUT2D eigenvalue weighted by Crippen LogP contribution is -2.32. The average molecular weight is 373 g/mol. The summed E-state index contributed by atoms with van der Waals surface area (Å²) < 4.78 is 20.8. The summed E-state index contributed by atoms with van der Waals surface area (Å²) in [7, 11) is 1.44. The summed E-state index contributed by atoms with van der Waals surface area (Å²) >= 11 is 1.42. The van der Waals surface area contributed by atoms with E-state index in [0.29, 0.717) is 17.0 Å². The number of nitrogens with zero attached hydrogens (tertiary/aromatic N) is 3. The number of ether oxygens (including phenoxy) is 1. The number of methoxy groups -OCH3 is 1. The quantitative estimate of drug-likeness (QED) is 0.690. The van der Waals surface area contributed by atoms with Gasteiger partial charge < -0.3 is 9.64 Å². The van der Waals surface area contributed by atoms with Crippen LogP contribution in [0.1, 0.15) is 36.2 Å². The molecular formula is C19H20FN3O2S. The van der Waals surface area contributed by atoms with Crippen LogP contribution >= 0.6 is 11.3 Å². The Balaban J connectivity index is 1.66. The Kier molecular flexibility index (Phi) is 4.63. The Hall–Kier alpha value is -2.41. The molecule has 1 aliphatic rings. The van der Waals surface area contributed by atoms with Crippen molar-refractivity contribution >= 4 is 22.2 Å². The molecule has 0 saturated carbocycles. The van der Waals surface area contributed by atoms with Gasteiger partial charge in [0.1, 0.15) is 5.69 Å². The number of carbonyl (C=O) groups is 1. The summed E-state index contributed by atoms with van der Waals surface area (Å²) in [5.41, 5.74) is 1.93. The molecule has 2 aromatic heterocycles. The molecule has 0 N–H and O–H groups in total. The number of halogens is 1. The van der Waals surface area contributed by atoms with Crippen LogP contribution in [0.2, 0.25) is 0 Å². The molecule has 5 nitrogen and oxygen atoms in total. The van der Waals surface area contributed by atoms with Gasteiger partial charge in [0.05, 0.1) is 12.8 Å². The fourth-order valence-electron chi connectivity index (χ4n) is 3.34. The van der Waals surface area contributed by atoms with E-state index in [1.165, 1.54) is 37.4 Å². The van der Waals surface area contributed by atoms with Crippen molar-refractivity contribution in [3.8, 4) is 17.0 Å². The molecule has 4 rings (SSSR count). The van der Waals surface area contributed by atoms with Crippen molar-refractivity contribution in [1.29, 1.82) is 0 Å². The average Bonchev–Trinajstić information content (AvgIpc) is 3.11. The summed E-state index contributed by atoms with van der Waals surface area (Å²) in [6, 6.07) is 4.76. The monoisotopic (exact) mass is 373 g/mol. The molecule has 0 unspecified atom stereocenters. The summed E-state index contributed by atoms with van der Waals surface area (Å²) in [4.78, 5) is 20.1. The van der Waals surface area contributed by atoms with Crippen LogP contribution in [0.4, 0.5) is 4.39 Å². The zero-order valence-electron chi connectivity index (χ0n) is 14.6. The lowest BCUT2D eigenvalue weighted by molar-refractivity contribution is 0.0755. The third-order valence-corrected chi connectivity index (χ3v) is 5.61. The molecule has 0 radical (unpaired) electrons. The Labute approximate surface area is 155 Å². The fourth-order valence-corrected chi connectivity index (χ4v) is 4.19. The van der Waals surface area contributed by atoms with Gasteiger partial charge >= 0.3 is 0 Å². The van der Waals surface area contributed by atoms with Crippen LogP contribution in [-0.4, -0.2) is 40.4 Å². The number of fused-ring (bicyclic) bond motifs is 1. The maximum absolute atomic E-state index is 14.0. The van der Waals surface area contributed by atoms with Crippen molar-refractivity contribution in [3.05, 3.63) is 41.3 Å². The van der Waals surface area contributed by atoms with Crippen LogP contribution in [0.3, 0.4) is 0 Å². The SMILES string of the molecule is COc1ccc(-c2cn3c(C(=O)N4CCCCCC4)csc3n2)cc1F. The normalized spacial score (nSPS) is 15.2. The summed E-state index contributed by atoms with van der Waals surface area (Å²) in [5, 5.41) is 1.86. The number of likely N-dealkylation sites (tertiary alicyclic amines) is 1. The van der Waals surface area contributed by atoms with E-state index in [1.54, 1.807) is 18.3 Å². The number of aromatic nitrogens is 2. The maximum Gasteiger partial charge on any atom is 0.271 e. The van der Waals surface area contributed by atoms with Gasteiger partial charge in [-0.05, 0) is 31.0 Å². The number of hydrogen-bond donors (Lipinski definition) is 0. The molecule has 3 aromatic rings. The van der Waals surface area contributed by atoms with Gasteiger partial charge in [-0.2, -0.15) is 0 Å². The molecule has 1 saturated heterocycles. The minimum atomic E-state index is -0.428. The highest BCUT2D eigenvalue weighted by molar-refractivity contribution is 7.15. The first kappa shape index (κ1) is 17.0. The van der Waals surface area contributed by atoms with Crippen molar-refractivity contribution in [2.24, 2.45) is 0 Å². The lowest BCUT2D eigenvalue weighted by atomic mass is 10.1. The standard InChI is InChI=1S/C19H20FN3O2S/c1-25-17-7-6-13(10-14(17)20)15-11-23-16(12-26-19(23)21-15)18(24)22-8-4-2-3-5-9-22/h6-7,10-12H,2-5,8-9H2,1H3. The van der Waals surface area contributed by atoms with Gasteiger partial charge in [0.15, 0.2) is 16.5 Å². The highest BCUT2D eigenvalue weighted by Gasteiger charge is 2.22. The van der Waals surface area contributed by atoms with Crippen molar-refractivity contribution in [2.75, 3.05) is 20.2 Å². The molecular weight excluding hydrogens is 353 g/mol. The van der Waals surface area contributed by atoms with E-state index < -0.39 is 5.82 Å². The smallest absolute Gasteiger partial charge is 0.271 e. The Morgan fingerprint density at radius 2 is 2.00 bits per heavy atom. The van der Waals surface area contributed by atoms with Gasteiger partial charge in [0.2, 0.25) is 0 Å². The van der Waals surface area contributed by atoms with Gasteiger partial charge in [-0.1, -0.05) is 12.8 Å². The second kappa shape index (κ2) is 7.07. The van der Waals surface area contributed by atoms with Gasteiger partial charge in [0, 0.05) is 30.2 Å². The zero-order chi connectivity index (χ0) is 18.1. The van der Waals surface area contributed by atoms with Crippen LogP contribution < -0.4 is 4.74 Å². The number of benzene rings is 1. The molecule has 0 bridgehead atoms. The first-order valence-corrected chi connectivity index (χ1v) is 9.65. The van der Waals surface area contributed by atoms with E-state index in [4.69, 9.17) is 4.74 Å². The van der Waals surface area contributed by atoms with Crippen LogP contribution in [0.15, 0.2) is 29.8 Å². The number of imidazole rings is 1. The van der Waals surface area contributed by atoms with Crippen molar-refractivity contribution in [3.63, 3.8) is 0 Å². The number of thiazole rings is 1. The van der Waals surface area contributed by atoms with E-state index in [-0.39, 0.29) is 11.7 Å². The van der Waals surface area contributed by atoms with Crippen molar-refractivity contribution in [1.82, 2.24) is 14.3 Å². The zero-order valence-corrected chi connectivity index (χ0v) is 15.4. The predicted molar refractivity (Wildman–Crippen MR) is 99.4 cm³/mol. The predicted octanol–water partition coefficient (Wildman–Crippen LogP) is 4.23. The molecule has 1 aromatic carbocycles. The molecule has 3 heterocycles. The van der Waals surface area contributed by atoms with Gasteiger partial charge in [-0.15, -0.1) is 11.3 Å². The molecule has 136 valence electrons. The molecule has 26 heavy (non-hydrogen) atoms. The maximum atomic E-state index is 14.0. The minimum Gasteiger partial charge on any atom is -0.494 e. The minimum absolute atomic E-state index is 0.0445. The van der Waals surface area contributed by atoms with Crippen LogP contribution in [0, 0.1) is 5.82 Å². The fraction of sp³-hybridized carbons (Fsp3) is 0.368. The molecule has 0 spiro atoms. The van der Waals surface area contributed by atoms with E-state index in [2.05, 4.69) is 4.98 Å². The van der Waals surface area contributed by atoms with Gasteiger partial charge in [-0.3, -0.25) is 9.20 Å². The Morgan fingerprint density at radius 3 is 2.69 bits per heavy atom. The summed E-state index contributed by atoms with van der Waals surface area (Å²) in [6.07, 6.45) is 6.28. The number of amides is 1.